The van der Waals surface area contributed by atoms with Gasteiger partial charge in [0.25, 0.3) is 0 Å². The zero-order valence-electron chi connectivity index (χ0n) is 10.4. The number of anilines is 1. The van der Waals surface area contributed by atoms with Gasteiger partial charge in [0.15, 0.2) is 0 Å². The molecule has 1 aliphatic rings. The van der Waals surface area contributed by atoms with Crippen LogP contribution in [0.15, 0.2) is 23.1 Å². The van der Waals surface area contributed by atoms with Gasteiger partial charge in [-0.3, -0.25) is 4.79 Å². The largest absolute Gasteiger partial charge is 0.495 e. The first kappa shape index (κ1) is 13.6. The van der Waals surface area contributed by atoms with Crippen LogP contribution < -0.4 is 15.8 Å². The van der Waals surface area contributed by atoms with E-state index in [1.165, 1.54) is 25.3 Å². The summed E-state index contributed by atoms with van der Waals surface area (Å²) < 4.78 is 30.9. The quantitative estimate of drug-likeness (QED) is 0.722. The maximum absolute atomic E-state index is 12.4. The summed E-state index contributed by atoms with van der Waals surface area (Å²) in [6, 6.07) is 4.23. The van der Waals surface area contributed by atoms with E-state index in [1.54, 1.807) is 0 Å². The number of methoxy groups -OCH3 is 1. The van der Waals surface area contributed by atoms with Crippen LogP contribution in [0.25, 0.3) is 0 Å². The van der Waals surface area contributed by atoms with E-state index in [9.17, 15) is 13.2 Å². The van der Waals surface area contributed by atoms with Gasteiger partial charge in [-0.2, -0.15) is 4.31 Å². The van der Waals surface area contributed by atoms with E-state index in [-0.39, 0.29) is 23.9 Å². The minimum absolute atomic E-state index is 0.0632. The van der Waals surface area contributed by atoms with Gasteiger partial charge in [0.1, 0.15) is 5.75 Å². The van der Waals surface area contributed by atoms with Crippen LogP contribution in [0.5, 0.6) is 5.75 Å². The minimum Gasteiger partial charge on any atom is -0.495 e. The number of carbonyl (C=O) groups excluding carboxylic acids is 1. The van der Waals surface area contributed by atoms with Crippen LogP contribution in [-0.4, -0.2) is 45.4 Å². The zero-order chi connectivity index (χ0) is 14.0. The lowest BCUT2D eigenvalue weighted by atomic mass is 10.3. The summed E-state index contributed by atoms with van der Waals surface area (Å²) in [4.78, 5) is 11.3. The molecular formula is C11H15N3O4S. The van der Waals surface area contributed by atoms with E-state index in [0.717, 1.165) is 4.31 Å². The number of benzene rings is 1. The fourth-order valence-corrected chi connectivity index (χ4v) is 3.23. The molecule has 2 rings (SSSR count). The predicted molar refractivity (Wildman–Crippen MR) is 69.2 cm³/mol. The summed E-state index contributed by atoms with van der Waals surface area (Å²) in [5.41, 5.74) is 6.01. The number of hydrogen-bond donors (Lipinski definition) is 2. The van der Waals surface area contributed by atoms with E-state index >= 15 is 0 Å². The van der Waals surface area contributed by atoms with Crippen LogP contribution in [-0.2, 0) is 14.8 Å². The number of piperazine rings is 1. The fraction of sp³-hybridized carbons (Fsp3) is 0.364. The first-order valence-electron chi connectivity index (χ1n) is 5.65. The Labute approximate surface area is 111 Å². The molecule has 0 bridgehead atoms. The van der Waals surface area contributed by atoms with Gasteiger partial charge in [-0.15, -0.1) is 0 Å². The van der Waals surface area contributed by atoms with Gasteiger partial charge < -0.3 is 15.8 Å². The zero-order valence-corrected chi connectivity index (χ0v) is 11.2. The number of nitrogens with zero attached hydrogens (tertiary/aromatic N) is 1. The van der Waals surface area contributed by atoms with Gasteiger partial charge in [-0.25, -0.2) is 8.42 Å². The van der Waals surface area contributed by atoms with Crippen molar-refractivity contribution in [1.29, 1.82) is 0 Å². The number of rotatable bonds is 3. The van der Waals surface area contributed by atoms with Crippen molar-refractivity contribution in [3.05, 3.63) is 18.2 Å². The molecule has 1 aliphatic heterocycles. The number of carbonyl (C=O) groups is 1. The molecule has 0 atom stereocenters. The first-order valence-corrected chi connectivity index (χ1v) is 7.09. The average molecular weight is 285 g/mol. The van der Waals surface area contributed by atoms with Crippen molar-refractivity contribution >= 4 is 21.6 Å². The molecule has 1 aromatic rings. The third-order valence-electron chi connectivity index (χ3n) is 2.85. The van der Waals surface area contributed by atoms with E-state index < -0.39 is 10.0 Å². The monoisotopic (exact) mass is 285 g/mol. The maximum Gasteiger partial charge on any atom is 0.243 e. The summed E-state index contributed by atoms with van der Waals surface area (Å²) in [7, 11) is -2.29. The number of sulfonamides is 1. The van der Waals surface area contributed by atoms with Crippen LogP contribution in [0.2, 0.25) is 0 Å². The molecule has 1 amide bonds. The van der Waals surface area contributed by atoms with Gasteiger partial charge in [0, 0.05) is 19.2 Å². The van der Waals surface area contributed by atoms with E-state index in [4.69, 9.17) is 10.5 Å². The Balaban J connectivity index is 2.36. The van der Waals surface area contributed by atoms with Gasteiger partial charge >= 0.3 is 0 Å². The summed E-state index contributed by atoms with van der Waals surface area (Å²) in [5, 5.41) is 2.58. The van der Waals surface area contributed by atoms with E-state index in [2.05, 4.69) is 5.32 Å². The lowest BCUT2D eigenvalue weighted by Gasteiger charge is -2.26. The smallest absolute Gasteiger partial charge is 0.243 e. The molecule has 104 valence electrons. The molecule has 0 saturated carbocycles. The number of nitrogens with two attached hydrogens (primary N) is 1. The van der Waals surface area contributed by atoms with Crippen molar-refractivity contribution in [3.63, 3.8) is 0 Å². The number of amides is 1. The van der Waals surface area contributed by atoms with E-state index in [0.29, 0.717) is 18.0 Å². The normalized spacial score (nSPS) is 17.0. The van der Waals surface area contributed by atoms with Crippen LogP contribution in [0.1, 0.15) is 0 Å². The van der Waals surface area contributed by atoms with Crippen molar-refractivity contribution in [2.45, 2.75) is 4.90 Å². The molecule has 0 aromatic heterocycles. The van der Waals surface area contributed by atoms with Crippen molar-refractivity contribution in [2.75, 3.05) is 32.5 Å². The van der Waals surface area contributed by atoms with Crippen LogP contribution in [0, 0.1) is 0 Å². The minimum atomic E-state index is -3.71. The van der Waals surface area contributed by atoms with E-state index in [1.807, 2.05) is 0 Å². The molecule has 3 N–H and O–H groups in total. The predicted octanol–water partition coefficient (Wildman–Crippen LogP) is -0.602. The highest BCUT2D eigenvalue weighted by atomic mass is 32.2. The Kier molecular flexibility index (Phi) is 3.63. The van der Waals surface area contributed by atoms with Gasteiger partial charge in [0.2, 0.25) is 15.9 Å². The number of ether oxygens (including phenoxy) is 1. The molecule has 0 spiro atoms. The Morgan fingerprint density at radius 3 is 2.79 bits per heavy atom. The molecule has 0 aliphatic carbocycles. The molecule has 19 heavy (non-hydrogen) atoms. The molecule has 7 nitrogen and oxygen atoms in total. The Bertz CT molecular complexity index is 600. The second-order valence-electron chi connectivity index (χ2n) is 4.09. The molecule has 8 heteroatoms. The summed E-state index contributed by atoms with van der Waals surface area (Å²) in [5.74, 6) is -0.0141. The lowest BCUT2D eigenvalue weighted by molar-refractivity contribution is -0.122. The topological polar surface area (TPSA) is 102 Å². The second kappa shape index (κ2) is 5.06. The Morgan fingerprint density at radius 1 is 1.42 bits per heavy atom. The molecule has 1 fully saturated rings. The van der Waals surface area contributed by atoms with Gasteiger partial charge in [0.05, 0.1) is 24.2 Å². The van der Waals surface area contributed by atoms with Gasteiger partial charge in [-0.1, -0.05) is 0 Å². The number of nitrogen functional groups attached to an aromatic ring is 1. The molecule has 1 saturated heterocycles. The van der Waals surface area contributed by atoms with Crippen molar-refractivity contribution in [3.8, 4) is 5.75 Å². The van der Waals surface area contributed by atoms with Crippen molar-refractivity contribution < 1.29 is 17.9 Å². The van der Waals surface area contributed by atoms with Crippen LogP contribution in [0.4, 0.5) is 5.69 Å². The summed E-state index contributed by atoms with van der Waals surface area (Å²) in [6.07, 6.45) is 0. The Hall–Kier alpha value is -1.80. The number of nitrogens with one attached hydrogen (secondary N) is 1. The third kappa shape index (κ3) is 2.64. The average Bonchev–Trinajstić information content (AvgIpc) is 2.39. The first-order chi connectivity index (χ1) is 8.95. The summed E-state index contributed by atoms with van der Waals surface area (Å²) in [6.45, 7) is 0.389. The highest BCUT2D eigenvalue weighted by molar-refractivity contribution is 7.89. The second-order valence-corrected chi connectivity index (χ2v) is 6.03. The maximum atomic E-state index is 12.4. The molecular weight excluding hydrogens is 270 g/mol. The third-order valence-corrected chi connectivity index (χ3v) is 4.69. The highest BCUT2D eigenvalue weighted by Gasteiger charge is 2.29. The van der Waals surface area contributed by atoms with Crippen molar-refractivity contribution in [1.82, 2.24) is 9.62 Å². The standard InChI is InChI=1S/C11H15N3O4S/c1-18-10-6-8(2-3-9(10)12)19(16,17)14-5-4-13-11(15)7-14/h2-3,6H,4-5,7,12H2,1H3,(H,13,15). The molecule has 0 radical (unpaired) electrons. The molecule has 0 unspecified atom stereocenters. The molecule has 1 heterocycles. The van der Waals surface area contributed by atoms with Gasteiger partial charge in [-0.05, 0) is 12.1 Å². The van der Waals surface area contributed by atoms with Crippen molar-refractivity contribution in [2.24, 2.45) is 0 Å². The lowest BCUT2D eigenvalue weighted by Crippen LogP contribution is -2.49. The number of hydrogen-bond acceptors (Lipinski definition) is 5. The fourth-order valence-electron chi connectivity index (χ4n) is 1.82. The summed E-state index contributed by atoms with van der Waals surface area (Å²) >= 11 is 0. The highest BCUT2D eigenvalue weighted by Crippen LogP contribution is 2.26. The van der Waals surface area contributed by atoms with Crippen LogP contribution in [0.3, 0.4) is 0 Å². The van der Waals surface area contributed by atoms with Crippen LogP contribution >= 0.6 is 0 Å². The SMILES string of the molecule is COc1cc(S(=O)(=O)N2CCNC(=O)C2)ccc1N. The molecule has 1 aromatic carbocycles. The Morgan fingerprint density at radius 2 is 2.16 bits per heavy atom.